The molecule has 0 heterocycles. The third-order valence-corrected chi connectivity index (χ3v) is 16.4. The van der Waals surface area contributed by atoms with E-state index in [0.29, 0.717) is 0 Å². The maximum atomic E-state index is 2.41. The maximum Gasteiger partial charge on any atom is 0.0775 e. The van der Waals surface area contributed by atoms with Crippen molar-refractivity contribution in [2.75, 3.05) is 0 Å². The smallest absolute Gasteiger partial charge is 0.0656 e. The van der Waals surface area contributed by atoms with Crippen molar-refractivity contribution in [3.05, 3.63) is 240 Å². The summed E-state index contributed by atoms with van der Waals surface area (Å²) in [6.45, 7) is 14.5. The highest BCUT2D eigenvalue weighted by Crippen LogP contribution is 2.44. The third kappa shape index (κ3) is 8.50. The van der Waals surface area contributed by atoms with Gasteiger partial charge < -0.3 is 0 Å². The lowest BCUT2D eigenvalue weighted by atomic mass is 9.85. The number of hydrogen-bond acceptors (Lipinski definition) is 0. The molecule has 62 heavy (non-hydrogen) atoms. The Morgan fingerprint density at radius 3 is 0.823 bits per heavy atom. The monoisotopic (exact) mass is 830 g/mol. The van der Waals surface area contributed by atoms with Crippen molar-refractivity contribution in [3.8, 4) is 22.3 Å². The second kappa shape index (κ2) is 17.1. The maximum absolute atomic E-state index is 2.41. The molecule has 0 aromatic heterocycles. The molecule has 9 rings (SSSR count). The topological polar surface area (TPSA) is 0 Å². The van der Waals surface area contributed by atoms with Crippen molar-refractivity contribution in [1.82, 2.24) is 0 Å². The largest absolute Gasteiger partial charge is 0.0775 e. The van der Waals surface area contributed by atoms with Gasteiger partial charge in [-0.1, -0.05) is 256 Å². The van der Waals surface area contributed by atoms with Crippen LogP contribution in [0.4, 0.5) is 0 Å². The molecule has 0 saturated heterocycles. The van der Waals surface area contributed by atoms with Gasteiger partial charge in [0.05, 0.1) is 16.1 Å². The summed E-state index contributed by atoms with van der Waals surface area (Å²) in [6.07, 6.45) is 4.65. The molecule has 0 fully saturated rings. The van der Waals surface area contributed by atoms with Crippen LogP contribution < -0.4 is 10.4 Å². The van der Waals surface area contributed by atoms with Crippen LogP contribution in [-0.4, -0.2) is 16.1 Å². The summed E-state index contributed by atoms with van der Waals surface area (Å²) < 4.78 is 0. The molecule has 9 aromatic rings. The standard InChI is InChI=1S/C60H54Si2/c1-61(2,3)51-37-33-47(34-38-51)57(41-43-17-9-7-10-18-43)45-25-29-49(30-26-45)59-53-21-13-15-23-55(53)60(56-24-16-14-22-54(56)59)50-31-27-46(28-32-50)58(42-44-19-11-8-12-20-44)48-35-39-52(40-36-48)62(4,5)6/h7-42H,1-6H3/b57-41-,58-42-. The van der Waals surface area contributed by atoms with Gasteiger partial charge >= 0.3 is 0 Å². The van der Waals surface area contributed by atoms with Crippen LogP contribution in [0.15, 0.2) is 206 Å². The van der Waals surface area contributed by atoms with E-state index in [-0.39, 0.29) is 0 Å². The van der Waals surface area contributed by atoms with Gasteiger partial charge in [0.2, 0.25) is 0 Å². The van der Waals surface area contributed by atoms with Gasteiger partial charge in [-0.3, -0.25) is 0 Å². The summed E-state index contributed by atoms with van der Waals surface area (Å²) in [5.74, 6) is 0. The lowest BCUT2D eigenvalue weighted by molar-refractivity contribution is 1.55. The van der Waals surface area contributed by atoms with Crippen molar-refractivity contribution in [3.63, 3.8) is 0 Å². The molecular weight excluding hydrogens is 777 g/mol. The first kappa shape index (κ1) is 40.8. The van der Waals surface area contributed by atoms with Crippen LogP contribution in [0.25, 0.3) is 67.1 Å². The van der Waals surface area contributed by atoms with Crippen LogP contribution >= 0.6 is 0 Å². The van der Waals surface area contributed by atoms with Gasteiger partial charge in [-0.05, 0) is 100 Å². The van der Waals surface area contributed by atoms with Gasteiger partial charge in [0, 0.05) is 0 Å². The molecule has 0 aliphatic carbocycles. The Labute approximate surface area is 370 Å². The number of hydrogen-bond donors (Lipinski definition) is 0. The average Bonchev–Trinajstić information content (AvgIpc) is 3.30. The first-order chi connectivity index (χ1) is 30.0. The Hall–Kier alpha value is -6.59. The molecular formula is C60H54Si2. The minimum absolute atomic E-state index is 1.20. The van der Waals surface area contributed by atoms with Crippen molar-refractivity contribution in [2.45, 2.75) is 39.3 Å². The van der Waals surface area contributed by atoms with Crippen LogP contribution in [0, 0.1) is 0 Å². The van der Waals surface area contributed by atoms with E-state index < -0.39 is 16.1 Å². The Bertz CT molecular complexity index is 2780. The summed E-state index contributed by atoms with van der Waals surface area (Å²) in [6, 6.07) is 76.5. The predicted molar refractivity (Wildman–Crippen MR) is 278 cm³/mol. The molecule has 0 aliphatic heterocycles. The van der Waals surface area contributed by atoms with E-state index in [1.165, 1.54) is 98.7 Å². The van der Waals surface area contributed by atoms with Gasteiger partial charge in [0.25, 0.3) is 0 Å². The number of fused-ring (bicyclic) bond motifs is 2. The summed E-state index contributed by atoms with van der Waals surface area (Å²) in [4.78, 5) is 0. The van der Waals surface area contributed by atoms with E-state index in [1.807, 2.05) is 0 Å². The van der Waals surface area contributed by atoms with Gasteiger partial charge in [0.15, 0.2) is 0 Å². The van der Waals surface area contributed by atoms with Gasteiger partial charge in [0.1, 0.15) is 0 Å². The zero-order valence-electron chi connectivity index (χ0n) is 36.8. The fraction of sp³-hybridized carbons (Fsp3) is 0.100. The SMILES string of the molecule is C[Si](C)(C)c1ccc(/C(=C\c2ccccc2)c2ccc(-c3c4ccccc4c(-c4ccc(/C(=C/c5ccccc5)c5ccc([Si](C)(C)C)cc5)cc4)c4ccccc34)cc2)cc1. The molecule has 0 atom stereocenters. The summed E-state index contributed by atoms with van der Waals surface area (Å²) in [5.41, 5.74) is 14.7. The Balaban J connectivity index is 1.13. The predicted octanol–water partition coefficient (Wildman–Crippen LogP) is 15.6. The van der Waals surface area contributed by atoms with Crippen molar-refractivity contribution >= 4 is 71.4 Å². The zero-order chi connectivity index (χ0) is 42.8. The molecule has 2 heteroatoms. The van der Waals surface area contributed by atoms with Crippen LogP contribution in [0.3, 0.4) is 0 Å². The first-order valence-corrected chi connectivity index (χ1v) is 28.9. The van der Waals surface area contributed by atoms with E-state index in [4.69, 9.17) is 0 Å². The van der Waals surface area contributed by atoms with E-state index in [1.54, 1.807) is 0 Å². The molecule has 0 saturated carbocycles. The molecule has 302 valence electrons. The minimum Gasteiger partial charge on any atom is -0.0656 e. The van der Waals surface area contributed by atoms with Gasteiger partial charge in [-0.15, -0.1) is 0 Å². The molecule has 0 radical (unpaired) electrons. The second-order valence-corrected chi connectivity index (χ2v) is 28.7. The fourth-order valence-electron chi connectivity index (χ4n) is 8.78. The fourth-order valence-corrected chi connectivity index (χ4v) is 11.1. The molecule has 0 aliphatic rings. The molecule has 0 spiro atoms. The highest BCUT2D eigenvalue weighted by Gasteiger charge is 2.20. The lowest BCUT2D eigenvalue weighted by Gasteiger charge is -2.19. The molecule has 0 amide bonds. The highest BCUT2D eigenvalue weighted by atomic mass is 28.3. The van der Waals surface area contributed by atoms with Crippen molar-refractivity contribution < 1.29 is 0 Å². The van der Waals surface area contributed by atoms with E-state index >= 15 is 0 Å². The Morgan fingerprint density at radius 1 is 0.290 bits per heavy atom. The second-order valence-electron chi connectivity index (χ2n) is 18.6. The van der Waals surface area contributed by atoms with Crippen molar-refractivity contribution in [1.29, 1.82) is 0 Å². The normalized spacial score (nSPS) is 12.5. The zero-order valence-corrected chi connectivity index (χ0v) is 38.8. The van der Waals surface area contributed by atoms with Crippen LogP contribution in [0.5, 0.6) is 0 Å². The third-order valence-electron chi connectivity index (χ3n) is 12.2. The Kier molecular flexibility index (Phi) is 11.2. The minimum atomic E-state index is -1.42. The first-order valence-electron chi connectivity index (χ1n) is 21.9. The molecule has 0 bridgehead atoms. The average molecular weight is 831 g/mol. The van der Waals surface area contributed by atoms with E-state index in [0.717, 1.165) is 0 Å². The molecule has 0 N–H and O–H groups in total. The van der Waals surface area contributed by atoms with Gasteiger partial charge in [-0.25, -0.2) is 0 Å². The lowest BCUT2D eigenvalue weighted by Crippen LogP contribution is -2.37. The molecule has 9 aromatic carbocycles. The van der Waals surface area contributed by atoms with Gasteiger partial charge in [-0.2, -0.15) is 0 Å². The van der Waals surface area contributed by atoms with Crippen LogP contribution in [0.2, 0.25) is 39.3 Å². The quantitative estimate of drug-likeness (QED) is 0.0732. The summed E-state index contributed by atoms with van der Waals surface area (Å²) >= 11 is 0. The number of benzene rings is 9. The molecule has 0 nitrogen and oxygen atoms in total. The van der Waals surface area contributed by atoms with E-state index in [9.17, 15) is 0 Å². The van der Waals surface area contributed by atoms with Crippen LogP contribution in [0.1, 0.15) is 33.4 Å². The van der Waals surface area contributed by atoms with E-state index in [2.05, 4.69) is 258 Å². The summed E-state index contributed by atoms with van der Waals surface area (Å²) in [7, 11) is -2.84. The van der Waals surface area contributed by atoms with Crippen LogP contribution in [-0.2, 0) is 0 Å². The summed E-state index contributed by atoms with van der Waals surface area (Å²) in [5, 5.41) is 7.97. The number of rotatable bonds is 10. The molecule has 0 unspecified atom stereocenters. The highest BCUT2D eigenvalue weighted by molar-refractivity contribution is 6.89. The Morgan fingerprint density at radius 2 is 0.548 bits per heavy atom. The van der Waals surface area contributed by atoms with Crippen molar-refractivity contribution in [2.24, 2.45) is 0 Å².